The molecule has 0 bridgehead atoms. The summed E-state index contributed by atoms with van der Waals surface area (Å²) in [4.78, 5) is 29.4. The molecule has 1 aromatic carbocycles. The maximum Gasteiger partial charge on any atom is 0.418 e. The summed E-state index contributed by atoms with van der Waals surface area (Å²) in [6.07, 6.45) is -5.72. The Bertz CT molecular complexity index is 1400. The maximum absolute atomic E-state index is 14.7. The van der Waals surface area contributed by atoms with E-state index in [1.807, 2.05) is 0 Å². The third-order valence-corrected chi connectivity index (χ3v) is 6.14. The number of nitrogens with zero attached hydrogens (tertiary/aromatic N) is 4. The van der Waals surface area contributed by atoms with Crippen molar-refractivity contribution in [3.63, 3.8) is 0 Å². The second-order valence-corrected chi connectivity index (χ2v) is 9.34. The third kappa shape index (κ3) is 4.89. The summed E-state index contributed by atoms with van der Waals surface area (Å²) in [5.74, 6) is -3.71. The number of hydrogen-bond acceptors (Lipinski definition) is 5. The Hall–Kier alpha value is -3.55. The summed E-state index contributed by atoms with van der Waals surface area (Å²) in [6.45, 7) is 1.17. The van der Waals surface area contributed by atoms with Gasteiger partial charge in [-0.2, -0.15) is 18.3 Å². The lowest BCUT2D eigenvalue weighted by atomic mass is 10.1. The van der Waals surface area contributed by atoms with E-state index in [1.54, 1.807) is 0 Å². The van der Waals surface area contributed by atoms with E-state index in [9.17, 15) is 35.9 Å². The summed E-state index contributed by atoms with van der Waals surface area (Å²) in [5.41, 5.74) is 0.499. The molecule has 3 aromatic rings. The van der Waals surface area contributed by atoms with Crippen LogP contribution in [0.5, 0.6) is 0 Å². The maximum atomic E-state index is 14.7. The molecule has 0 radical (unpaired) electrons. The quantitative estimate of drug-likeness (QED) is 0.482. The smallest absolute Gasteiger partial charge is 0.382 e. The molecule has 0 spiro atoms. The van der Waals surface area contributed by atoms with Crippen LogP contribution >= 0.6 is 11.6 Å². The summed E-state index contributed by atoms with van der Waals surface area (Å²) < 4.78 is 85.0. The van der Waals surface area contributed by atoms with Gasteiger partial charge in [0.05, 0.1) is 34.4 Å². The minimum atomic E-state index is -4.86. The number of anilines is 1. The number of halogens is 7. The van der Waals surface area contributed by atoms with Gasteiger partial charge in [-0.25, -0.2) is 22.7 Å². The third-order valence-electron chi connectivity index (χ3n) is 5.83. The Labute approximate surface area is 210 Å². The van der Waals surface area contributed by atoms with Crippen LogP contribution in [0.4, 0.5) is 32.2 Å². The van der Waals surface area contributed by atoms with Crippen molar-refractivity contribution in [2.24, 2.45) is 0 Å². The van der Waals surface area contributed by atoms with Gasteiger partial charge in [0.15, 0.2) is 11.5 Å². The molecule has 8 nitrogen and oxygen atoms in total. The molecule has 1 saturated heterocycles. The Morgan fingerprint density at radius 2 is 1.84 bits per heavy atom. The highest BCUT2D eigenvalue weighted by atomic mass is 35.5. The van der Waals surface area contributed by atoms with E-state index in [-0.39, 0.29) is 22.8 Å². The van der Waals surface area contributed by atoms with Crippen molar-refractivity contribution in [1.82, 2.24) is 24.8 Å². The zero-order valence-corrected chi connectivity index (χ0v) is 20.0. The van der Waals surface area contributed by atoms with Gasteiger partial charge in [-0.05, 0) is 32.0 Å². The van der Waals surface area contributed by atoms with Crippen LogP contribution in [0.1, 0.15) is 29.8 Å². The number of alkyl halides is 5. The van der Waals surface area contributed by atoms with Crippen LogP contribution in [0.3, 0.4) is 0 Å². The molecule has 2 atom stereocenters. The molecule has 1 aliphatic heterocycles. The Morgan fingerprint density at radius 1 is 1.16 bits per heavy atom. The van der Waals surface area contributed by atoms with E-state index in [1.165, 1.54) is 0 Å². The van der Waals surface area contributed by atoms with Crippen LogP contribution in [-0.2, 0) is 11.0 Å². The van der Waals surface area contributed by atoms with Crippen LogP contribution in [-0.4, -0.2) is 62.3 Å². The number of fused-ring (bicyclic) bond motifs is 1. The second kappa shape index (κ2) is 9.08. The lowest BCUT2D eigenvalue weighted by molar-refractivity contribution is -0.141. The van der Waals surface area contributed by atoms with E-state index in [2.05, 4.69) is 15.4 Å². The monoisotopic (exact) mass is 548 g/mol. The fraction of sp³-hybridized carbons (Fsp3) is 0.364. The minimum Gasteiger partial charge on any atom is -0.382 e. The van der Waals surface area contributed by atoms with Crippen LogP contribution in [0.15, 0.2) is 24.5 Å². The first-order chi connectivity index (χ1) is 17.1. The van der Waals surface area contributed by atoms with Gasteiger partial charge >= 0.3 is 6.18 Å². The first kappa shape index (κ1) is 26.5. The van der Waals surface area contributed by atoms with E-state index < -0.39 is 70.7 Å². The van der Waals surface area contributed by atoms with E-state index in [0.717, 1.165) is 35.7 Å². The molecule has 15 heteroatoms. The number of nitrogen functional groups attached to an aromatic ring is 1. The average molecular weight is 549 g/mol. The highest BCUT2D eigenvalue weighted by molar-refractivity contribution is 6.33. The first-order valence-electron chi connectivity index (χ1n) is 10.7. The van der Waals surface area contributed by atoms with Crippen molar-refractivity contribution in [3.05, 3.63) is 46.5 Å². The van der Waals surface area contributed by atoms with Gasteiger partial charge in [0.1, 0.15) is 23.8 Å². The van der Waals surface area contributed by atoms with E-state index in [0.29, 0.717) is 12.1 Å². The Morgan fingerprint density at radius 3 is 2.46 bits per heavy atom. The number of likely N-dealkylation sites (tertiary alicyclic amines) is 1. The number of carbonyl (C=O) groups excluding carboxylic acids is 2. The fourth-order valence-corrected chi connectivity index (χ4v) is 4.33. The number of rotatable bonds is 4. The van der Waals surface area contributed by atoms with Gasteiger partial charge < -0.3 is 16.0 Å². The van der Waals surface area contributed by atoms with E-state index in [4.69, 9.17) is 17.3 Å². The van der Waals surface area contributed by atoms with Gasteiger partial charge in [0.25, 0.3) is 11.8 Å². The minimum absolute atomic E-state index is 0.198. The number of nitrogens with one attached hydrogen (secondary N) is 1. The molecule has 3 heterocycles. The second-order valence-electron chi connectivity index (χ2n) is 8.94. The first-order valence-corrected chi connectivity index (χ1v) is 11.1. The largest absolute Gasteiger partial charge is 0.418 e. The van der Waals surface area contributed by atoms with Crippen LogP contribution in [0.2, 0.25) is 5.02 Å². The van der Waals surface area contributed by atoms with Crippen molar-refractivity contribution >= 4 is 34.7 Å². The molecular formula is C22H19ClF6N6O2. The summed E-state index contributed by atoms with van der Waals surface area (Å²) >= 11 is 6.11. The van der Waals surface area contributed by atoms with Gasteiger partial charge in [-0.3, -0.25) is 9.59 Å². The normalized spacial score (nSPS) is 18.5. The predicted octanol–water partition coefficient (Wildman–Crippen LogP) is 3.82. The molecule has 1 fully saturated rings. The number of aromatic nitrogens is 3. The zero-order chi connectivity index (χ0) is 27.4. The molecule has 198 valence electrons. The van der Waals surface area contributed by atoms with Crippen molar-refractivity contribution in [2.45, 2.75) is 37.9 Å². The molecule has 37 heavy (non-hydrogen) atoms. The highest BCUT2D eigenvalue weighted by Gasteiger charge is 2.42. The molecular weight excluding hydrogens is 530 g/mol. The summed E-state index contributed by atoms with van der Waals surface area (Å²) in [7, 11) is 0. The van der Waals surface area contributed by atoms with Crippen LogP contribution in [0, 0.1) is 5.82 Å². The van der Waals surface area contributed by atoms with Crippen molar-refractivity contribution in [2.75, 3.05) is 18.8 Å². The molecule has 3 N–H and O–H groups in total. The molecule has 1 aliphatic rings. The topological polar surface area (TPSA) is 106 Å². The lowest BCUT2D eigenvalue weighted by Crippen LogP contribution is -2.44. The Kier molecular flexibility index (Phi) is 6.51. The van der Waals surface area contributed by atoms with Crippen molar-refractivity contribution < 1.29 is 35.9 Å². The zero-order valence-electron chi connectivity index (χ0n) is 19.2. The van der Waals surface area contributed by atoms with Crippen LogP contribution in [0.25, 0.3) is 16.8 Å². The number of hydrogen-bond donors (Lipinski definition) is 2. The highest BCUT2D eigenvalue weighted by Crippen LogP contribution is 2.40. The van der Waals surface area contributed by atoms with Crippen LogP contribution < -0.4 is 11.1 Å². The lowest BCUT2D eigenvalue weighted by Gasteiger charge is -2.22. The van der Waals surface area contributed by atoms with Crippen molar-refractivity contribution in [1.29, 1.82) is 0 Å². The molecule has 0 aliphatic carbocycles. The predicted molar refractivity (Wildman–Crippen MR) is 121 cm³/mol. The number of benzene rings is 1. The number of carbonyl (C=O) groups is 2. The van der Waals surface area contributed by atoms with Gasteiger partial charge in [-0.1, -0.05) is 11.6 Å². The van der Waals surface area contributed by atoms with Crippen molar-refractivity contribution in [3.8, 4) is 11.3 Å². The van der Waals surface area contributed by atoms with E-state index >= 15 is 0 Å². The molecule has 0 saturated carbocycles. The SMILES string of the molecule is CC(C)(F)C(=O)N1C[C@H](F)[C@H](NC(=O)c2cc(-c3cc(C(F)(F)F)c4c(N)ncnn34)c(Cl)cc2F)C1. The summed E-state index contributed by atoms with van der Waals surface area (Å²) in [6, 6.07) is 1.00. The number of amides is 2. The molecule has 0 unspecified atom stereocenters. The van der Waals surface area contributed by atoms with Gasteiger partial charge in [0.2, 0.25) is 0 Å². The summed E-state index contributed by atoms with van der Waals surface area (Å²) in [5, 5.41) is 5.69. The molecule has 2 aromatic heterocycles. The molecule has 2 amide bonds. The number of nitrogens with two attached hydrogens (primary N) is 1. The fourth-order valence-electron chi connectivity index (χ4n) is 4.08. The van der Waals surface area contributed by atoms with Gasteiger partial charge in [0, 0.05) is 12.1 Å². The standard InChI is InChI=1S/C22H19ClF6N6O2/c1-21(2,26)20(37)34-6-14(25)15(7-34)33-19(36)10-3-9(12(23)5-13(10)24)16-4-11(22(27,28)29)17-18(30)31-8-32-35(16)17/h3-5,8,14-15H,6-7H2,1-2H3,(H,33,36)(H2,30,31,32)/t14-,15+/m0/s1. The van der Waals surface area contributed by atoms with Gasteiger partial charge in [-0.15, -0.1) is 0 Å². The molecule has 4 rings (SSSR count). The average Bonchev–Trinajstić information content (AvgIpc) is 3.34. The Balaban J connectivity index is 1.70.